The highest BCUT2D eigenvalue weighted by Gasteiger charge is 2.38. The highest BCUT2D eigenvalue weighted by Crippen LogP contribution is 2.37. The molecule has 4 rings (SSSR count). The Kier molecular flexibility index (Phi) is 10.9. The zero-order valence-electron chi connectivity index (χ0n) is 24.3. The van der Waals surface area contributed by atoms with Crippen molar-refractivity contribution >= 4 is 11.8 Å². The van der Waals surface area contributed by atoms with E-state index in [0.717, 1.165) is 56.6 Å². The van der Waals surface area contributed by atoms with Crippen molar-refractivity contribution in [3.05, 3.63) is 52.5 Å². The van der Waals surface area contributed by atoms with E-state index in [2.05, 4.69) is 17.4 Å². The molecule has 41 heavy (non-hydrogen) atoms. The SMILES string of the molecule is COc1c(F)cc(C(C)C)cc1[C@H](C(=O)O)N1CC[C@@H](N(CCCCCc2ccc3c(n2)NCCC3)CC(F)F)C1. The monoisotopic (exact) mass is 576 g/mol. The van der Waals surface area contributed by atoms with Crippen LogP contribution in [0, 0.1) is 5.82 Å². The molecule has 0 bridgehead atoms. The molecule has 1 saturated heterocycles. The van der Waals surface area contributed by atoms with Crippen molar-refractivity contribution in [1.29, 1.82) is 0 Å². The van der Waals surface area contributed by atoms with Gasteiger partial charge in [0, 0.05) is 36.9 Å². The van der Waals surface area contributed by atoms with E-state index in [1.54, 1.807) is 15.9 Å². The number of likely N-dealkylation sites (tertiary alicyclic amines) is 1. The second kappa shape index (κ2) is 14.4. The average Bonchev–Trinajstić information content (AvgIpc) is 3.41. The summed E-state index contributed by atoms with van der Waals surface area (Å²) in [6.45, 7) is 5.66. The molecule has 2 aromatic rings. The summed E-state index contributed by atoms with van der Waals surface area (Å²) in [7, 11) is 1.32. The predicted octanol–water partition coefficient (Wildman–Crippen LogP) is 5.89. The maximum Gasteiger partial charge on any atom is 0.325 e. The van der Waals surface area contributed by atoms with Crippen molar-refractivity contribution in [2.45, 2.75) is 83.2 Å². The Labute approximate surface area is 241 Å². The minimum Gasteiger partial charge on any atom is -0.493 e. The van der Waals surface area contributed by atoms with Crippen molar-refractivity contribution in [1.82, 2.24) is 14.8 Å². The number of benzene rings is 1. The van der Waals surface area contributed by atoms with Crippen LogP contribution in [-0.2, 0) is 17.6 Å². The number of ether oxygens (including phenoxy) is 1. The van der Waals surface area contributed by atoms with Gasteiger partial charge in [0.1, 0.15) is 11.9 Å². The summed E-state index contributed by atoms with van der Waals surface area (Å²) in [4.78, 5) is 20.8. The van der Waals surface area contributed by atoms with Crippen molar-refractivity contribution < 1.29 is 27.8 Å². The summed E-state index contributed by atoms with van der Waals surface area (Å²) in [5.41, 5.74) is 3.24. The number of nitrogens with zero attached hydrogens (tertiary/aromatic N) is 3. The van der Waals surface area contributed by atoms with Crippen molar-refractivity contribution in [3.63, 3.8) is 0 Å². The van der Waals surface area contributed by atoms with E-state index in [-0.39, 0.29) is 29.8 Å². The Morgan fingerprint density at radius 1 is 1.24 bits per heavy atom. The minimum absolute atomic E-state index is 0.00356. The summed E-state index contributed by atoms with van der Waals surface area (Å²) in [6, 6.07) is 5.97. The smallest absolute Gasteiger partial charge is 0.325 e. The van der Waals surface area contributed by atoms with E-state index >= 15 is 0 Å². The number of carbonyl (C=O) groups is 1. The third kappa shape index (κ3) is 7.92. The Morgan fingerprint density at radius 2 is 2.05 bits per heavy atom. The van der Waals surface area contributed by atoms with Gasteiger partial charge in [-0.15, -0.1) is 0 Å². The highest BCUT2D eigenvalue weighted by atomic mass is 19.3. The fourth-order valence-corrected chi connectivity index (χ4v) is 6.08. The molecular weight excluding hydrogens is 533 g/mol. The van der Waals surface area contributed by atoms with Gasteiger partial charge in [-0.25, -0.2) is 18.2 Å². The number of hydrogen-bond donors (Lipinski definition) is 2. The van der Waals surface area contributed by atoms with Gasteiger partial charge in [0.15, 0.2) is 11.6 Å². The van der Waals surface area contributed by atoms with E-state index in [0.29, 0.717) is 31.6 Å². The summed E-state index contributed by atoms with van der Waals surface area (Å²) in [6.07, 6.45) is 3.68. The van der Waals surface area contributed by atoms with Crippen molar-refractivity contribution in [2.24, 2.45) is 0 Å². The number of nitrogens with one attached hydrogen (secondary N) is 1. The van der Waals surface area contributed by atoms with Gasteiger partial charge in [0.2, 0.25) is 0 Å². The summed E-state index contributed by atoms with van der Waals surface area (Å²) >= 11 is 0. The van der Waals surface area contributed by atoms with Gasteiger partial charge in [0.25, 0.3) is 6.43 Å². The van der Waals surface area contributed by atoms with Crippen LogP contribution in [0.2, 0.25) is 0 Å². The Morgan fingerprint density at radius 3 is 2.76 bits per heavy atom. The minimum atomic E-state index is -2.48. The third-order valence-corrected chi connectivity index (χ3v) is 8.27. The molecule has 0 unspecified atom stereocenters. The van der Waals surface area contributed by atoms with E-state index in [9.17, 15) is 23.1 Å². The molecule has 1 aromatic heterocycles. The number of alkyl halides is 2. The van der Waals surface area contributed by atoms with Gasteiger partial charge < -0.3 is 15.2 Å². The third-order valence-electron chi connectivity index (χ3n) is 8.27. The second-order valence-electron chi connectivity index (χ2n) is 11.5. The number of aliphatic carboxylic acids is 1. The van der Waals surface area contributed by atoms with Gasteiger partial charge in [-0.05, 0) is 80.3 Å². The number of hydrogen-bond acceptors (Lipinski definition) is 6. The molecule has 0 radical (unpaired) electrons. The molecule has 2 aliphatic rings. The number of methoxy groups -OCH3 is 1. The number of anilines is 1. The Bertz CT molecular complexity index is 1180. The predicted molar refractivity (Wildman–Crippen MR) is 154 cm³/mol. The molecule has 0 saturated carbocycles. The highest BCUT2D eigenvalue weighted by molar-refractivity contribution is 5.77. The first-order valence-electron chi connectivity index (χ1n) is 14.8. The van der Waals surface area contributed by atoms with E-state index in [1.165, 1.54) is 18.7 Å². The number of rotatable bonds is 14. The van der Waals surface area contributed by atoms with Gasteiger partial charge in [-0.1, -0.05) is 26.3 Å². The molecular formula is C31H43F3N4O3. The van der Waals surface area contributed by atoms with Gasteiger partial charge >= 0.3 is 5.97 Å². The van der Waals surface area contributed by atoms with Crippen LogP contribution in [0.4, 0.5) is 19.0 Å². The zero-order valence-corrected chi connectivity index (χ0v) is 24.3. The first-order valence-corrected chi connectivity index (χ1v) is 14.8. The molecule has 0 spiro atoms. The lowest BCUT2D eigenvalue weighted by Crippen LogP contribution is -2.42. The van der Waals surface area contributed by atoms with E-state index in [4.69, 9.17) is 9.72 Å². The molecule has 2 atom stereocenters. The van der Waals surface area contributed by atoms with Gasteiger partial charge in [0.05, 0.1) is 13.7 Å². The largest absolute Gasteiger partial charge is 0.493 e. The normalized spacial score (nSPS) is 18.1. The summed E-state index contributed by atoms with van der Waals surface area (Å²) < 4.78 is 47.3. The molecule has 0 amide bonds. The number of halogens is 3. The Balaban J connectivity index is 1.37. The van der Waals surface area contributed by atoms with Crippen LogP contribution in [0.3, 0.4) is 0 Å². The summed E-state index contributed by atoms with van der Waals surface area (Å²) in [5.74, 6) is -0.818. The van der Waals surface area contributed by atoms with Crippen LogP contribution < -0.4 is 10.1 Å². The van der Waals surface area contributed by atoms with E-state index < -0.39 is 24.3 Å². The molecule has 7 nitrogen and oxygen atoms in total. The zero-order chi connectivity index (χ0) is 29.5. The number of unbranched alkanes of at least 4 members (excludes halogenated alkanes) is 2. The molecule has 0 aliphatic carbocycles. The number of carboxylic acids is 1. The van der Waals surface area contributed by atoms with Crippen LogP contribution in [0.5, 0.6) is 5.75 Å². The molecule has 3 heterocycles. The number of aromatic nitrogens is 1. The average molecular weight is 577 g/mol. The van der Waals surface area contributed by atoms with Gasteiger partial charge in [-0.3, -0.25) is 14.6 Å². The maximum absolute atomic E-state index is 14.9. The van der Waals surface area contributed by atoms with Crippen LogP contribution in [0.15, 0.2) is 24.3 Å². The fourth-order valence-electron chi connectivity index (χ4n) is 6.08. The maximum atomic E-state index is 14.9. The molecule has 1 fully saturated rings. The fraction of sp³-hybridized carbons (Fsp3) is 0.613. The quantitative estimate of drug-likeness (QED) is 0.272. The lowest BCUT2D eigenvalue weighted by atomic mass is 9.95. The number of aryl methyl sites for hydroxylation is 2. The topological polar surface area (TPSA) is 77.9 Å². The number of fused-ring (bicyclic) bond motifs is 1. The Hall–Kier alpha value is -2.85. The molecule has 1 aromatic carbocycles. The molecule has 226 valence electrons. The van der Waals surface area contributed by atoms with Crippen molar-refractivity contribution in [3.8, 4) is 5.75 Å². The lowest BCUT2D eigenvalue weighted by Gasteiger charge is -2.31. The molecule has 2 N–H and O–H groups in total. The van der Waals surface area contributed by atoms with E-state index in [1.807, 2.05) is 13.8 Å². The molecule has 10 heteroatoms. The van der Waals surface area contributed by atoms with Crippen molar-refractivity contribution in [2.75, 3.05) is 45.2 Å². The standard InChI is InChI=1S/C31H43F3N4O3/c1-20(2)22-16-25(29(41-3)26(32)17-22)28(31(39)40)38-15-12-24(18-38)37(19-27(33)34)14-6-4-5-9-23-11-10-21-8-7-13-35-30(21)36-23/h10-11,16-17,20,24,27-28H,4-9,12-15,18-19H2,1-3H3,(H,35,36)(H,39,40)/t24-,28-/m1/s1. The first-order chi connectivity index (χ1) is 19.7. The second-order valence-corrected chi connectivity index (χ2v) is 11.5. The molecule has 2 aliphatic heterocycles. The van der Waals surface area contributed by atoms with Gasteiger partial charge in [-0.2, -0.15) is 0 Å². The number of pyridine rings is 1. The van der Waals surface area contributed by atoms with Crippen LogP contribution in [0.1, 0.15) is 80.3 Å². The first kappa shape index (κ1) is 31.1. The van der Waals surface area contributed by atoms with Crippen LogP contribution in [0.25, 0.3) is 0 Å². The number of carboxylic acid groups (broad SMARTS) is 1. The van der Waals surface area contributed by atoms with Crippen LogP contribution in [-0.4, -0.2) is 78.2 Å². The summed E-state index contributed by atoms with van der Waals surface area (Å²) in [5, 5.41) is 13.6. The van der Waals surface area contributed by atoms with Crippen LogP contribution >= 0.6 is 0 Å². The lowest BCUT2D eigenvalue weighted by molar-refractivity contribution is -0.143.